The zero-order chi connectivity index (χ0) is 18.6. The van der Waals surface area contributed by atoms with Crippen molar-refractivity contribution in [1.82, 2.24) is 9.80 Å². The van der Waals surface area contributed by atoms with Crippen molar-refractivity contribution >= 4 is 0 Å². The summed E-state index contributed by atoms with van der Waals surface area (Å²) in [4.78, 5) is 4.37. The number of rotatable bonds is 20. The van der Waals surface area contributed by atoms with E-state index in [-0.39, 0.29) is 19.8 Å². The van der Waals surface area contributed by atoms with Crippen molar-refractivity contribution < 1.29 is 15.3 Å². The van der Waals surface area contributed by atoms with Gasteiger partial charge in [-0.2, -0.15) is 0 Å². The number of nitrogens with zero attached hydrogens (tertiary/aromatic N) is 2. The molecule has 0 aromatic carbocycles. The Balaban J connectivity index is 3.67. The molecule has 0 saturated carbocycles. The highest BCUT2D eigenvalue weighted by Crippen LogP contribution is 2.10. The molecule has 152 valence electrons. The van der Waals surface area contributed by atoms with Crippen LogP contribution in [-0.2, 0) is 0 Å². The fourth-order valence-corrected chi connectivity index (χ4v) is 3.20. The quantitative estimate of drug-likeness (QED) is 0.291. The second-order valence-corrected chi connectivity index (χ2v) is 7.04. The lowest BCUT2D eigenvalue weighted by Gasteiger charge is -2.26. The van der Waals surface area contributed by atoms with E-state index in [0.29, 0.717) is 19.6 Å². The molecule has 0 atom stereocenters. The van der Waals surface area contributed by atoms with Crippen molar-refractivity contribution in [3.8, 4) is 0 Å². The SMILES string of the molecule is CCCCCCCCCCCCN(CCO)CCN(CCO)CCO. The average Bonchev–Trinajstić information content (AvgIpc) is 2.61. The third kappa shape index (κ3) is 17.0. The number of unbranched alkanes of at least 4 members (excludes halogenated alkanes) is 9. The highest BCUT2D eigenvalue weighted by atomic mass is 16.3. The van der Waals surface area contributed by atoms with Crippen LogP contribution in [-0.4, -0.2) is 84.2 Å². The summed E-state index contributed by atoms with van der Waals surface area (Å²) < 4.78 is 0. The Hall–Kier alpha value is -0.200. The predicted octanol–water partition coefficient (Wildman–Crippen LogP) is 2.49. The van der Waals surface area contributed by atoms with Gasteiger partial charge in [0.25, 0.3) is 0 Å². The lowest BCUT2D eigenvalue weighted by Crippen LogP contribution is -2.39. The van der Waals surface area contributed by atoms with E-state index in [1.54, 1.807) is 0 Å². The van der Waals surface area contributed by atoms with Crippen molar-refractivity contribution in [3.05, 3.63) is 0 Å². The van der Waals surface area contributed by atoms with Crippen LogP contribution in [0.25, 0.3) is 0 Å². The molecule has 0 aliphatic heterocycles. The molecule has 0 aromatic rings. The number of aliphatic hydroxyl groups excluding tert-OH is 3. The minimum atomic E-state index is 0.123. The summed E-state index contributed by atoms with van der Waals surface area (Å²) in [6.45, 7) is 7.37. The van der Waals surface area contributed by atoms with Crippen LogP contribution in [0, 0.1) is 0 Å². The molecule has 0 aliphatic carbocycles. The van der Waals surface area contributed by atoms with Gasteiger partial charge >= 0.3 is 0 Å². The molecule has 0 bridgehead atoms. The summed E-state index contributed by atoms with van der Waals surface area (Å²) in [5.41, 5.74) is 0. The first kappa shape index (κ1) is 24.8. The largest absolute Gasteiger partial charge is 0.395 e. The van der Waals surface area contributed by atoms with Crippen LogP contribution < -0.4 is 0 Å². The Kier molecular flexibility index (Phi) is 20.0. The maximum absolute atomic E-state index is 9.23. The highest BCUT2D eigenvalue weighted by molar-refractivity contribution is 4.64. The van der Waals surface area contributed by atoms with Crippen LogP contribution in [0.5, 0.6) is 0 Å². The normalized spacial score (nSPS) is 11.8. The van der Waals surface area contributed by atoms with Gasteiger partial charge in [0.05, 0.1) is 19.8 Å². The van der Waals surface area contributed by atoms with Gasteiger partial charge in [-0.05, 0) is 13.0 Å². The van der Waals surface area contributed by atoms with Gasteiger partial charge in [0.1, 0.15) is 0 Å². The van der Waals surface area contributed by atoms with Gasteiger partial charge in [0, 0.05) is 32.7 Å². The molecule has 0 rings (SSSR count). The molecule has 25 heavy (non-hydrogen) atoms. The average molecular weight is 361 g/mol. The number of hydrogen-bond acceptors (Lipinski definition) is 5. The van der Waals surface area contributed by atoms with Crippen LogP contribution >= 0.6 is 0 Å². The first-order valence-electron chi connectivity index (χ1n) is 10.6. The van der Waals surface area contributed by atoms with Crippen LogP contribution in [0.3, 0.4) is 0 Å². The molecular formula is C20H44N2O3. The number of aliphatic hydroxyl groups is 3. The maximum Gasteiger partial charge on any atom is 0.0558 e. The third-order valence-electron chi connectivity index (χ3n) is 4.81. The van der Waals surface area contributed by atoms with E-state index in [0.717, 1.165) is 19.6 Å². The van der Waals surface area contributed by atoms with Gasteiger partial charge in [-0.1, -0.05) is 64.7 Å². The molecule has 0 saturated heterocycles. The Morgan fingerprint density at radius 3 is 1.20 bits per heavy atom. The summed E-state index contributed by atoms with van der Waals surface area (Å²) in [5.74, 6) is 0. The lowest BCUT2D eigenvalue weighted by molar-refractivity contribution is 0.132. The van der Waals surface area contributed by atoms with Gasteiger partial charge in [-0.15, -0.1) is 0 Å². The maximum atomic E-state index is 9.23. The molecule has 0 amide bonds. The first-order chi connectivity index (χ1) is 12.3. The topological polar surface area (TPSA) is 67.2 Å². The van der Waals surface area contributed by atoms with Crippen LogP contribution in [0.4, 0.5) is 0 Å². The Labute approximate surface area is 156 Å². The fourth-order valence-electron chi connectivity index (χ4n) is 3.20. The molecule has 0 aromatic heterocycles. The van der Waals surface area contributed by atoms with Gasteiger partial charge < -0.3 is 15.3 Å². The lowest BCUT2D eigenvalue weighted by atomic mass is 10.1. The van der Waals surface area contributed by atoms with Gasteiger partial charge in [-0.3, -0.25) is 9.80 Å². The molecule has 3 N–H and O–H groups in total. The van der Waals surface area contributed by atoms with Gasteiger partial charge in [-0.25, -0.2) is 0 Å². The number of hydrogen-bond donors (Lipinski definition) is 3. The molecular weight excluding hydrogens is 316 g/mol. The Morgan fingerprint density at radius 1 is 0.440 bits per heavy atom. The van der Waals surface area contributed by atoms with Crippen LogP contribution in [0.1, 0.15) is 71.1 Å². The molecule has 5 heteroatoms. The third-order valence-corrected chi connectivity index (χ3v) is 4.81. The molecule has 0 spiro atoms. The first-order valence-corrected chi connectivity index (χ1v) is 10.6. The van der Waals surface area contributed by atoms with Crippen molar-refractivity contribution in [3.63, 3.8) is 0 Å². The van der Waals surface area contributed by atoms with E-state index < -0.39 is 0 Å². The minimum absolute atomic E-state index is 0.123. The predicted molar refractivity (Wildman–Crippen MR) is 106 cm³/mol. The second kappa shape index (κ2) is 20.1. The zero-order valence-corrected chi connectivity index (χ0v) is 16.7. The molecule has 0 fully saturated rings. The molecule has 0 unspecified atom stereocenters. The highest BCUT2D eigenvalue weighted by Gasteiger charge is 2.08. The monoisotopic (exact) mass is 360 g/mol. The second-order valence-electron chi connectivity index (χ2n) is 7.04. The van der Waals surface area contributed by atoms with Crippen molar-refractivity contribution in [2.75, 3.05) is 59.1 Å². The zero-order valence-electron chi connectivity index (χ0n) is 16.7. The van der Waals surface area contributed by atoms with Crippen LogP contribution in [0.15, 0.2) is 0 Å². The van der Waals surface area contributed by atoms with E-state index in [4.69, 9.17) is 10.2 Å². The van der Waals surface area contributed by atoms with Crippen molar-refractivity contribution in [1.29, 1.82) is 0 Å². The standard InChI is InChI=1S/C20H44N2O3/c1-2-3-4-5-6-7-8-9-10-11-12-21(15-18-23)13-14-22(16-19-24)17-20-25/h23-25H,2-20H2,1H3. The molecule has 0 radical (unpaired) electrons. The summed E-state index contributed by atoms with van der Waals surface area (Å²) in [6, 6.07) is 0. The summed E-state index contributed by atoms with van der Waals surface area (Å²) in [5, 5.41) is 27.4. The van der Waals surface area contributed by atoms with E-state index in [2.05, 4.69) is 16.7 Å². The fraction of sp³-hybridized carbons (Fsp3) is 1.00. The van der Waals surface area contributed by atoms with E-state index in [9.17, 15) is 5.11 Å². The van der Waals surface area contributed by atoms with Gasteiger partial charge in [0.2, 0.25) is 0 Å². The Morgan fingerprint density at radius 2 is 0.800 bits per heavy atom. The summed E-state index contributed by atoms with van der Waals surface area (Å²) in [6.07, 6.45) is 13.4. The smallest absolute Gasteiger partial charge is 0.0558 e. The minimum Gasteiger partial charge on any atom is -0.395 e. The van der Waals surface area contributed by atoms with E-state index in [1.807, 2.05) is 0 Å². The van der Waals surface area contributed by atoms with E-state index in [1.165, 1.54) is 64.2 Å². The summed E-state index contributed by atoms with van der Waals surface area (Å²) >= 11 is 0. The molecule has 0 aliphatic rings. The molecule has 0 heterocycles. The molecule has 5 nitrogen and oxygen atoms in total. The van der Waals surface area contributed by atoms with E-state index >= 15 is 0 Å². The Bertz CT molecular complexity index is 249. The van der Waals surface area contributed by atoms with Gasteiger partial charge in [0.15, 0.2) is 0 Å². The van der Waals surface area contributed by atoms with Crippen LogP contribution in [0.2, 0.25) is 0 Å². The van der Waals surface area contributed by atoms with Crippen molar-refractivity contribution in [2.24, 2.45) is 0 Å². The summed E-state index contributed by atoms with van der Waals surface area (Å²) in [7, 11) is 0. The van der Waals surface area contributed by atoms with Crippen molar-refractivity contribution in [2.45, 2.75) is 71.1 Å².